The van der Waals surface area contributed by atoms with Gasteiger partial charge in [0.1, 0.15) is 12.3 Å². The van der Waals surface area contributed by atoms with Crippen LogP contribution in [0.3, 0.4) is 0 Å². The Morgan fingerprint density at radius 1 is 1.16 bits per heavy atom. The number of sulfone groups is 1. The molecule has 1 aliphatic rings. The number of nitrogens with zero attached hydrogens (tertiary/aromatic N) is 1. The van der Waals surface area contributed by atoms with E-state index in [0.29, 0.717) is 5.75 Å². The fraction of sp³-hybridized carbons (Fsp3) is 0.316. The van der Waals surface area contributed by atoms with Gasteiger partial charge in [0.05, 0.1) is 39.2 Å². The highest BCUT2D eigenvalue weighted by molar-refractivity contribution is 7.93. The second kappa shape index (κ2) is 9.23. The lowest BCUT2D eigenvalue weighted by Crippen LogP contribution is -2.44. The van der Waals surface area contributed by atoms with Crippen molar-refractivity contribution in [1.82, 2.24) is 5.32 Å². The Bertz CT molecular complexity index is 1180. The van der Waals surface area contributed by atoms with Crippen LogP contribution >= 0.6 is 23.2 Å². The van der Waals surface area contributed by atoms with Gasteiger partial charge < -0.3 is 10.1 Å². The number of carbonyl (C=O) groups is 1. The van der Waals surface area contributed by atoms with E-state index >= 15 is 0 Å². The van der Waals surface area contributed by atoms with Crippen LogP contribution in [-0.4, -0.2) is 53.9 Å². The number of methoxy groups -OCH3 is 1. The van der Waals surface area contributed by atoms with E-state index in [1.807, 2.05) is 0 Å². The van der Waals surface area contributed by atoms with Crippen molar-refractivity contribution >= 4 is 54.7 Å². The van der Waals surface area contributed by atoms with Gasteiger partial charge in [0.15, 0.2) is 9.84 Å². The highest BCUT2D eigenvalue weighted by Gasteiger charge is 2.32. The lowest BCUT2D eigenvalue weighted by Gasteiger charge is -2.25. The number of hydrogen-bond donors (Lipinski definition) is 1. The van der Waals surface area contributed by atoms with Gasteiger partial charge in [0.2, 0.25) is 5.91 Å². The Morgan fingerprint density at radius 3 is 2.39 bits per heavy atom. The van der Waals surface area contributed by atoms with E-state index in [4.69, 9.17) is 27.9 Å². The topological polar surface area (TPSA) is 110 Å². The number of carbonyl (C=O) groups excluding carboxylic acids is 1. The van der Waals surface area contributed by atoms with Crippen LogP contribution in [-0.2, 0) is 24.7 Å². The molecule has 1 amide bonds. The van der Waals surface area contributed by atoms with Crippen molar-refractivity contribution < 1.29 is 26.4 Å². The molecule has 0 aliphatic carbocycles. The van der Waals surface area contributed by atoms with Gasteiger partial charge in [-0.3, -0.25) is 9.10 Å². The van der Waals surface area contributed by atoms with E-state index in [9.17, 15) is 21.6 Å². The first-order valence-electron chi connectivity index (χ1n) is 9.13. The van der Waals surface area contributed by atoms with E-state index in [2.05, 4.69) is 5.32 Å². The molecule has 2 aromatic carbocycles. The number of anilines is 1. The number of sulfonamides is 1. The van der Waals surface area contributed by atoms with Crippen LogP contribution in [0.25, 0.3) is 0 Å². The fourth-order valence-corrected chi connectivity index (χ4v) is 6.62. The van der Waals surface area contributed by atoms with Crippen LogP contribution in [0.1, 0.15) is 6.42 Å². The Kier molecular flexibility index (Phi) is 7.04. The summed E-state index contributed by atoms with van der Waals surface area (Å²) in [5.41, 5.74) is 0.223. The standard InChI is InChI=1S/C19H20Cl2N2O6S2/c1-29-15-4-2-14(3-5-15)23(11-19(24)22-13-8-9-30(25,26)12-13)31(27,28)16-6-7-17(20)18(21)10-16/h2-7,10,13H,8-9,11-12H2,1H3,(H,22,24)/t13-/m1/s1. The Balaban J connectivity index is 1.92. The number of amides is 1. The third-order valence-corrected chi connectivity index (χ3v) is 9.00. The second-order valence-electron chi connectivity index (χ2n) is 6.95. The summed E-state index contributed by atoms with van der Waals surface area (Å²) in [6, 6.07) is 9.43. The van der Waals surface area contributed by atoms with Crippen LogP contribution in [0, 0.1) is 0 Å². The molecule has 1 N–H and O–H groups in total. The third-order valence-electron chi connectivity index (χ3n) is 4.72. The van der Waals surface area contributed by atoms with Crippen LogP contribution in [0.2, 0.25) is 10.0 Å². The predicted molar refractivity (Wildman–Crippen MR) is 119 cm³/mol. The molecule has 2 aromatic rings. The second-order valence-corrected chi connectivity index (χ2v) is 11.9. The van der Waals surface area contributed by atoms with Crippen molar-refractivity contribution in [3.63, 3.8) is 0 Å². The lowest BCUT2D eigenvalue weighted by molar-refractivity contribution is -0.120. The maximum Gasteiger partial charge on any atom is 0.264 e. The SMILES string of the molecule is COc1ccc(N(CC(=O)N[C@@H]2CCS(=O)(=O)C2)S(=O)(=O)c2ccc(Cl)c(Cl)c2)cc1. The smallest absolute Gasteiger partial charge is 0.264 e. The summed E-state index contributed by atoms with van der Waals surface area (Å²) < 4.78 is 56.0. The maximum atomic E-state index is 13.3. The van der Waals surface area contributed by atoms with Gasteiger partial charge >= 0.3 is 0 Å². The summed E-state index contributed by atoms with van der Waals surface area (Å²) in [5.74, 6) is -0.291. The minimum Gasteiger partial charge on any atom is -0.497 e. The molecule has 31 heavy (non-hydrogen) atoms. The number of halogens is 2. The quantitative estimate of drug-likeness (QED) is 0.617. The van der Waals surface area contributed by atoms with Crippen LogP contribution in [0.5, 0.6) is 5.75 Å². The van der Waals surface area contributed by atoms with Gasteiger partial charge in [-0.25, -0.2) is 16.8 Å². The van der Waals surface area contributed by atoms with Crippen molar-refractivity contribution in [2.75, 3.05) is 29.5 Å². The molecule has 168 valence electrons. The molecule has 12 heteroatoms. The zero-order valence-corrected chi connectivity index (χ0v) is 19.6. The van der Waals surface area contributed by atoms with Crippen LogP contribution < -0.4 is 14.4 Å². The van der Waals surface area contributed by atoms with E-state index < -0.39 is 38.4 Å². The number of nitrogens with one attached hydrogen (secondary N) is 1. The van der Waals surface area contributed by atoms with Crippen molar-refractivity contribution in [2.45, 2.75) is 17.4 Å². The minimum absolute atomic E-state index is 0.0122. The summed E-state index contributed by atoms with van der Waals surface area (Å²) in [7, 11) is -5.92. The normalized spacial score (nSPS) is 17.8. The Morgan fingerprint density at radius 2 is 1.84 bits per heavy atom. The number of ether oxygens (including phenoxy) is 1. The van der Waals surface area contributed by atoms with Crippen molar-refractivity contribution in [2.24, 2.45) is 0 Å². The van der Waals surface area contributed by atoms with Gasteiger partial charge in [-0.2, -0.15) is 0 Å². The van der Waals surface area contributed by atoms with Crippen LogP contribution in [0.15, 0.2) is 47.4 Å². The van der Waals surface area contributed by atoms with Gasteiger partial charge in [0, 0.05) is 6.04 Å². The number of hydrogen-bond acceptors (Lipinski definition) is 6. The highest BCUT2D eigenvalue weighted by Crippen LogP contribution is 2.30. The summed E-state index contributed by atoms with van der Waals surface area (Å²) in [5, 5.41) is 2.85. The summed E-state index contributed by atoms with van der Waals surface area (Å²) in [6.07, 6.45) is 0.288. The minimum atomic E-state index is -4.19. The lowest BCUT2D eigenvalue weighted by atomic mass is 10.2. The van der Waals surface area contributed by atoms with Crippen LogP contribution in [0.4, 0.5) is 5.69 Å². The molecule has 1 heterocycles. The summed E-state index contributed by atoms with van der Waals surface area (Å²) in [6.45, 7) is -0.550. The zero-order valence-electron chi connectivity index (χ0n) is 16.4. The Labute approximate surface area is 191 Å². The maximum absolute atomic E-state index is 13.3. The largest absolute Gasteiger partial charge is 0.497 e. The number of benzene rings is 2. The van der Waals surface area contributed by atoms with E-state index in [1.165, 1.54) is 37.4 Å². The Hall–Kier alpha value is -2.01. The predicted octanol–water partition coefficient (Wildman–Crippen LogP) is 2.50. The average molecular weight is 507 g/mol. The molecular formula is C19H20Cl2N2O6S2. The first kappa shape index (κ1) is 23.6. The first-order chi connectivity index (χ1) is 14.5. The fourth-order valence-electron chi connectivity index (χ4n) is 3.14. The molecule has 1 aliphatic heterocycles. The third kappa shape index (κ3) is 5.62. The van der Waals surface area contributed by atoms with Gasteiger partial charge in [-0.05, 0) is 48.9 Å². The van der Waals surface area contributed by atoms with Gasteiger partial charge in [0.25, 0.3) is 10.0 Å². The molecule has 1 saturated heterocycles. The molecule has 8 nitrogen and oxygen atoms in total. The van der Waals surface area contributed by atoms with E-state index in [0.717, 1.165) is 4.31 Å². The van der Waals surface area contributed by atoms with Crippen molar-refractivity contribution in [1.29, 1.82) is 0 Å². The summed E-state index contributed by atoms with van der Waals surface area (Å²) >= 11 is 11.9. The highest BCUT2D eigenvalue weighted by atomic mass is 35.5. The van der Waals surface area contributed by atoms with Crippen molar-refractivity contribution in [3.05, 3.63) is 52.5 Å². The molecule has 0 aromatic heterocycles. The molecule has 0 spiro atoms. The molecule has 3 rings (SSSR count). The molecule has 1 fully saturated rings. The van der Waals surface area contributed by atoms with Crippen molar-refractivity contribution in [3.8, 4) is 5.75 Å². The average Bonchev–Trinajstić information content (AvgIpc) is 3.06. The van der Waals surface area contributed by atoms with Gasteiger partial charge in [-0.15, -0.1) is 0 Å². The molecule has 0 unspecified atom stereocenters. The molecule has 0 bridgehead atoms. The molecule has 1 atom stereocenters. The molecular weight excluding hydrogens is 487 g/mol. The van der Waals surface area contributed by atoms with E-state index in [-0.39, 0.29) is 38.6 Å². The number of rotatable bonds is 7. The monoisotopic (exact) mass is 506 g/mol. The first-order valence-corrected chi connectivity index (χ1v) is 13.2. The zero-order chi connectivity index (χ0) is 22.8. The molecule has 0 saturated carbocycles. The van der Waals surface area contributed by atoms with E-state index in [1.54, 1.807) is 12.1 Å². The summed E-state index contributed by atoms with van der Waals surface area (Å²) in [4.78, 5) is 12.5. The molecule has 0 radical (unpaired) electrons. The van der Waals surface area contributed by atoms with Gasteiger partial charge in [-0.1, -0.05) is 23.2 Å².